The highest BCUT2D eigenvalue weighted by Gasteiger charge is 1.85. The second-order valence-corrected chi connectivity index (χ2v) is 0.915. The van der Waals surface area contributed by atoms with Gasteiger partial charge in [0.25, 0.3) is 0 Å². The molecule has 3 heteroatoms. The summed E-state index contributed by atoms with van der Waals surface area (Å²) < 4.78 is 4.41. The van der Waals surface area contributed by atoms with Gasteiger partial charge < -0.3 is 4.74 Å². The second kappa shape index (κ2) is 3.33. The zero-order chi connectivity index (χ0) is 5.70. The summed E-state index contributed by atoms with van der Waals surface area (Å²) in [6.45, 7) is 2.11. The lowest BCUT2D eigenvalue weighted by Crippen LogP contribution is -2.02. The van der Waals surface area contributed by atoms with Gasteiger partial charge in [-0.3, -0.25) is 10.2 Å². The van der Waals surface area contributed by atoms with Crippen molar-refractivity contribution in [3.8, 4) is 0 Å². The Kier molecular flexibility index (Phi) is 2.92. The molecule has 0 amide bonds. The van der Waals surface area contributed by atoms with Gasteiger partial charge in [0, 0.05) is 0 Å². The molecule has 0 aromatic carbocycles. The third kappa shape index (κ3) is 2.96. The molecule has 0 bridgehead atoms. The Morgan fingerprint density at radius 2 is 2.57 bits per heavy atom. The van der Waals surface area contributed by atoms with Crippen molar-refractivity contribution in [2.45, 2.75) is 6.92 Å². The van der Waals surface area contributed by atoms with E-state index in [1.807, 2.05) is 0 Å². The summed E-state index contributed by atoms with van der Waals surface area (Å²) in [5, 5.41) is 6.55. The maximum Gasteiger partial charge on any atom is 0.247 e. The molecule has 0 radical (unpaired) electrons. The van der Waals surface area contributed by atoms with Crippen molar-refractivity contribution in [2.24, 2.45) is 0 Å². The van der Waals surface area contributed by atoms with Crippen molar-refractivity contribution >= 4 is 12.2 Å². The summed E-state index contributed by atoms with van der Waals surface area (Å²) >= 11 is 0. The highest BCUT2D eigenvalue weighted by molar-refractivity contribution is 6.22. The summed E-state index contributed by atoms with van der Waals surface area (Å²) in [7, 11) is 0. The van der Waals surface area contributed by atoms with Crippen LogP contribution in [0.4, 0.5) is 0 Å². The Hall–Kier alpha value is -0.860. The minimum atomic E-state index is -0.303. The molecule has 0 rings (SSSR count). The molecule has 0 aliphatic heterocycles. The van der Waals surface area contributed by atoms with Gasteiger partial charge in [-0.15, -0.1) is 0 Å². The van der Waals surface area contributed by atoms with E-state index in [4.69, 9.17) is 5.41 Å². The lowest BCUT2D eigenvalue weighted by Gasteiger charge is -1.92. The van der Waals surface area contributed by atoms with Gasteiger partial charge in [0.2, 0.25) is 12.2 Å². The van der Waals surface area contributed by atoms with Gasteiger partial charge in [-0.25, -0.2) is 0 Å². The Bertz CT molecular complexity index is 79.8. The highest BCUT2D eigenvalue weighted by atomic mass is 16.5. The van der Waals surface area contributed by atoms with Gasteiger partial charge in [0.05, 0.1) is 6.61 Å². The van der Waals surface area contributed by atoms with Crippen LogP contribution in [0.15, 0.2) is 0 Å². The molecule has 0 unspecified atom stereocenters. The molecule has 40 valence electrons. The molecule has 7 heavy (non-hydrogen) atoms. The summed E-state index contributed by atoms with van der Waals surface area (Å²) in [6, 6.07) is 0. The van der Waals surface area contributed by atoms with Crippen molar-refractivity contribution in [1.82, 2.24) is 0 Å². The number of rotatable bonds is 2. The molecular formula is C4H7NO2. The fraction of sp³-hybridized carbons (Fsp3) is 0.500. The van der Waals surface area contributed by atoms with Crippen LogP contribution in [-0.4, -0.2) is 18.8 Å². The zero-order valence-corrected chi connectivity index (χ0v) is 4.10. The number of hydrogen-bond donors (Lipinski definition) is 1. The van der Waals surface area contributed by atoms with Crippen LogP contribution in [0.3, 0.4) is 0 Å². The van der Waals surface area contributed by atoms with Gasteiger partial charge in [0.1, 0.15) is 0 Å². The molecule has 0 fully saturated rings. The van der Waals surface area contributed by atoms with Gasteiger partial charge in [0.15, 0.2) is 0 Å². The molecule has 3 nitrogen and oxygen atoms in total. The van der Waals surface area contributed by atoms with E-state index < -0.39 is 0 Å². The number of hydrogen-bond acceptors (Lipinski definition) is 3. The highest BCUT2D eigenvalue weighted by Crippen LogP contribution is 1.69. The normalized spacial score (nSPS) is 7.57. The molecule has 0 heterocycles. The van der Waals surface area contributed by atoms with Crippen LogP contribution in [0.2, 0.25) is 0 Å². The molecule has 0 spiro atoms. The van der Waals surface area contributed by atoms with Gasteiger partial charge in [-0.2, -0.15) is 0 Å². The van der Waals surface area contributed by atoms with Crippen LogP contribution < -0.4 is 0 Å². The van der Waals surface area contributed by atoms with Gasteiger partial charge in [-0.05, 0) is 6.92 Å². The van der Waals surface area contributed by atoms with Crippen LogP contribution in [0, 0.1) is 5.41 Å². The Labute approximate surface area is 41.8 Å². The van der Waals surface area contributed by atoms with Crippen molar-refractivity contribution in [3.63, 3.8) is 0 Å². The first-order valence-corrected chi connectivity index (χ1v) is 1.97. The first kappa shape index (κ1) is 6.14. The van der Waals surface area contributed by atoms with E-state index in [0.29, 0.717) is 12.9 Å². The molecule has 0 aromatic rings. The minimum Gasteiger partial charge on any atom is -0.476 e. The van der Waals surface area contributed by atoms with E-state index in [1.54, 1.807) is 6.92 Å². The summed E-state index contributed by atoms with van der Waals surface area (Å²) in [5.74, 6) is -0.303. The number of aldehydes is 1. The first-order chi connectivity index (χ1) is 3.31. The summed E-state index contributed by atoms with van der Waals surface area (Å²) in [4.78, 5) is 9.55. The van der Waals surface area contributed by atoms with Crippen LogP contribution >= 0.6 is 0 Å². The maximum atomic E-state index is 9.55. The summed E-state index contributed by atoms with van der Waals surface area (Å²) in [6.07, 6.45) is 0.365. The quantitative estimate of drug-likeness (QED) is 0.307. The lowest BCUT2D eigenvalue weighted by atomic mass is 10.7. The Morgan fingerprint density at radius 1 is 2.00 bits per heavy atom. The smallest absolute Gasteiger partial charge is 0.247 e. The maximum absolute atomic E-state index is 9.55. The van der Waals surface area contributed by atoms with E-state index >= 15 is 0 Å². The van der Waals surface area contributed by atoms with E-state index in [9.17, 15) is 4.79 Å². The van der Waals surface area contributed by atoms with Crippen LogP contribution in [0.25, 0.3) is 0 Å². The van der Waals surface area contributed by atoms with E-state index in [1.165, 1.54) is 0 Å². The SMILES string of the molecule is CCOC(=N)C=O. The monoisotopic (exact) mass is 101 g/mol. The van der Waals surface area contributed by atoms with Crippen molar-refractivity contribution in [2.75, 3.05) is 6.61 Å². The molecule has 0 atom stereocenters. The predicted octanol–water partition coefficient (Wildman–Crippen LogP) is 0.199. The van der Waals surface area contributed by atoms with Crippen molar-refractivity contribution in [3.05, 3.63) is 0 Å². The standard InChI is InChI=1S/C4H7NO2/c1-2-7-4(5)3-6/h3,5H,2H2,1H3. The van der Waals surface area contributed by atoms with Crippen molar-refractivity contribution in [1.29, 1.82) is 5.41 Å². The molecule has 0 aliphatic carbocycles. The molecule has 0 saturated heterocycles. The average Bonchev–Trinajstić information content (AvgIpc) is 1.68. The third-order valence-corrected chi connectivity index (χ3v) is 0.407. The number of carbonyl (C=O) groups is 1. The first-order valence-electron chi connectivity index (χ1n) is 1.97. The van der Waals surface area contributed by atoms with Crippen LogP contribution in [0.5, 0.6) is 0 Å². The third-order valence-electron chi connectivity index (χ3n) is 0.407. The zero-order valence-electron chi connectivity index (χ0n) is 4.10. The average molecular weight is 101 g/mol. The molecule has 1 N–H and O–H groups in total. The van der Waals surface area contributed by atoms with E-state index in [-0.39, 0.29) is 5.90 Å². The topological polar surface area (TPSA) is 50.1 Å². The fourth-order valence-corrected chi connectivity index (χ4v) is 0.190. The molecule has 0 aliphatic rings. The van der Waals surface area contributed by atoms with E-state index in [0.717, 1.165) is 0 Å². The predicted molar refractivity (Wildman–Crippen MR) is 25.4 cm³/mol. The van der Waals surface area contributed by atoms with Gasteiger partial charge >= 0.3 is 0 Å². The minimum absolute atomic E-state index is 0.303. The molecular weight excluding hydrogens is 94.0 g/mol. The lowest BCUT2D eigenvalue weighted by molar-refractivity contribution is -0.104. The van der Waals surface area contributed by atoms with Gasteiger partial charge in [-0.1, -0.05) is 0 Å². The number of nitrogens with one attached hydrogen (secondary N) is 1. The number of carbonyl (C=O) groups excluding carboxylic acids is 1. The largest absolute Gasteiger partial charge is 0.476 e. The second-order valence-electron chi connectivity index (χ2n) is 0.915. The molecule has 0 saturated carbocycles. The Balaban J connectivity index is 3.17. The van der Waals surface area contributed by atoms with Crippen LogP contribution in [0.1, 0.15) is 6.92 Å². The van der Waals surface area contributed by atoms with Crippen molar-refractivity contribution < 1.29 is 9.53 Å². The fourth-order valence-electron chi connectivity index (χ4n) is 0.190. The van der Waals surface area contributed by atoms with E-state index in [2.05, 4.69) is 4.74 Å². The molecule has 0 aromatic heterocycles. The summed E-state index contributed by atoms with van der Waals surface area (Å²) in [5.41, 5.74) is 0. The van der Waals surface area contributed by atoms with Crippen LogP contribution in [-0.2, 0) is 9.53 Å². The Morgan fingerprint density at radius 3 is 2.71 bits per heavy atom. The number of ether oxygens (including phenoxy) is 1.